The molecule has 0 bridgehead atoms. The fourth-order valence-corrected chi connectivity index (χ4v) is 11.1. The summed E-state index contributed by atoms with van der Waals surface area (Å²) in [5.74, 6) is 1.97. The van der Waals surface area contributed by atoms with Crippen LogP contribution >= 0.6 is 11.3 Å². The summed E-state index contributed by atoms with van der Waals surface area (Å²) in [5, 5.41) is 4.95. The quantitative estimate of drug-likeness (QED) is 0.157. The average molecular weight is 798 g/mol. The van der Waals surface area contributed by atoms with Crippen LogP contribution in [0, 0.1) is 0 Å². The first-order valence-electron chi connectivity index (χ1n) is 18.5. The first-order chi connectivity index (χ1) is 27.7. The third kappa shape index (κ3) is 5.83. The van der Waals surface area contributed by atoms with Crippen molar-refractivity contribution in [2.45, 2.75) is 0 Å². The summed E-state index contributed by atoms with van der Waals surface area (Å²) in [4.78, 5) is 20.5. The van der Waals surface area contributed by atoms with E-state index in [2.05, 4.69) is 164 Å². The number of hydrogen-bond donors (Lipinski definition) is 0. The number of nitrogens with zero attached hydrogens (tertiary/aromatic N) is 4. The van der Waals surface area contributed by atoms with Crippen molar-refractivity contribution in [3.05, 3.63) is 182 Å². The van der Waals surface area contributed by atoms with E-state index in [0.717, 1.165) is 37.9 Å². The molecule has 0 atom stereocenters. The molecule has 0 aliphatic carbocycles. The molecule has 11 rings (SSSR count). The molecule has 4 nitrogen and oxygen atoms in total. The Morgan fingerprint density at radius 1 is 0.375 bits per heavy atom. The Hall–Kier alpha value is -6.56. The topological polar surface area (TPSA) is 51.6 Å². The number of benzene rings is 8. The Bertz CT molecular complexity index is 3260. The van der Waals surface area contributed by atoms with E-state index < -0.39 is 0 Å². The minimum atomic E-state index is 0.0665. The molecule has 0 saturated carbocycles. The predicted octanol–water partition coefficient (Wildman–Crippen LogP) is 13.0. The first-order valence-corrected chi connectivity index (χ1v) is 21.1. The van der Waals surface area contributed by atoms with Gasteiger partial charge in [-0.05, 0) is 6.07 Å². The molecule has 6 heteroatoms. The maximum absolute atomic E-state index is 5.19. The minimum absolute atomic E-state index is 0.0665. The van der Waals surface area contributed by atoms with Gasteiger partial charge in [-0.25, -0.2) is 0 Å². The third-order valence-electron chi connectivity index (χ3n) is 10.4. The molecule has 0 spiro atoms. The summed E-state index contributed by atoms with van der Waals surface area (Å²) in [7, 11) is 0. The van der Waals surface area contributed by atoms with Crippen LogP contribution in [-0.2, 0) is 0 Å². The van der Waals surface area contributed by atoms with Crippen LogP contribution in [0.15, 0.2) is 182 Å². The molecule has 0 aliphatic rings. The van der Waals surface area contributed by atoms with Crippen molar-refractivity contribution in [1.29, 1.82) is 0 Å². The van der Waals surface area contributed by atoms with Crippen LogP contribution in [0.5, 0.6) is 0 Å². The average Bonchev–Trinajstić information content (AvgIpc) is 3.90. The van der Waals surface area contributed by atoms with Crippen molar-refractivity contribution in [3.8, 4) is 66.5 Å². The van der Waals surface area contributed by atoms with E-state index in [1.165, 1.54) is 51.9 Å². The molecule has 3 heterocycles. The molecular formula is C50H30N4SSe. The van der Waals surface area contributed by atoms with E-state index in [1.807, 2.05) is 18.2 Å². The number of aromatic nitrogens is 4. The SMILES string of the molecule is c1ccc(-c2cccc(-c3nc4ccc5ccc(-c6cccc(-c7nc(-c8ccccc8)nc(-c8cccc9c8sc8ccccc89)n7)c6)cc5c4[se]3)c2)cc1. The molecule has 262 valence electrons. The van der Waals surface area contributed by atoms with Gasteiger partial charge in [0.05, 0.1) is 0 Å². The molecule has 0 saturated heterocycles. The summed E-state index contributed by atoms with van der Waals surface area (Å²) < 4.78 is 4.93. The van der Waals surface area contributed by atoms with Gasteiger partial charge in [-0.1, -0.05) is 48.5 Å². The van der Waals surface area contributed by atoms with Gasteiger partial charge in [0.15, 0.2) is 0 Å². The molecule has 0 amide bonds. The molecule has 0 aliphatic heterocycles. The zero-order valence-corrected chi connectivity index (χ0v) is 32.5. The van der Waals surface area contributed by atoms with Crippen molar-refractivity contribution in [2.24, 2.45) is 0 Å². The van der Waals surface area contributed by atoms with Gasteiger partial charge in [0.1, 0.15) is 0 Å². The van der Waals surface area contributed by atoms with Crippen LogP contribution in [0.4, 0.5) is 0 Å². The monoisotopic (exact) mass is 798 g/mol. The molecule has 3 aromatic heterocycles. The Balaban J connectivity index is 1.01. The van der Waals surface area contributed by atoms with E-state index >= 15 is 0 Å². The molecule has 0 N–H and O–H groups in total. The van der Waals surface area contributed by atoms with Gasteiger partial charge in [-0.3, -0.25) is 0 Å². The van der Waals surface area contributed by atoms with Crippen LogP contribution < -0.4 is 0 Å². The predicted molar refractivity (Wildman–Crippen MR) is 235 cm³/mol. The van der Waals surface area contributed by atoms with Crippen LogP contribution in [-0.4, -0.2) is 34.4 Å². The first kappa shape index (κ1) is 32.8. The second-order valence-corrected chi connectivity index (χ2v) is 17.0. The zero-order valence-electron chi connectivity index (χ0n) is 29.9. The van der Waals surface area contributed by atoms with Gasteiger partial charge in [-0.15, -0.1) is 11.3 Å². The Kier molecular flexibility index (Phi) is 7.99. The molecule has 8 aromatic carbocycles. The van der Waals surface area contributed by atoms with Crippen LogP contribution in [0.25, 0.3) is 107 Å². The van der Waals surface area contributed by atoms with E-state index in [-0.39, 0.29) is 14.5 Å². The summed E-state index contributed by atoms with van der Waals surface area (Å²) in [6.07, 6.45) is 0. The van der Waals surface area contributed by atoms with Crippen LogP contribution in [0.3, 0.4) is 0 Å². The molecule has 0 radical (unpaired) electrons. The van der Waals surface area contributed by atoms with Crippen molar-refractivity contribution in [1.82, 2.24) is 19.9 Å². The zero-order chi connectivity index (χ0) is 37.0. The van der Waals surface area contributed by atoms with Gasteiger partial charge in [-0.2, -0.15) is 0 Å². The summed E-state index contributed by atoms with van der Waals surface area (Å²) in [6.45, 7) is 0. The summed E-state index contributed by atoms with van der Waals surface area (Å²) in [5.41, 5.74) is 9.86. The maximum atomic E-state index is 5.19. The van der Waals surface area contributed by atoms with E-state index in [0.29, 0.717) is 17.5 Å². The van der Waals surface area contributed by atoms with E-state index in [1.54, 1.807) is 11.3 Å². The second-order valence-electron chi connectivity index (χ2n) is 13.8. The standard InChI is InChI=1S/C50H30N4SSe/c1-3-12-31(13-4-1)34-16-10-19-38(29-34)50-51-43-27-26-32-24-25-36(30-42(32)46(43)56-50)35-17-9-18-37(28-35)48-52-47(33-14-5-2-6-15-33)53-49(54-48)41-22-11-21-40-39-20-7-8-23-44(39)55-45(40)41/h1-30H. The van der Waals surface area contributed by atoms with Gasteiger partial charge in [0.25, 0.3) is 0 Å². The third-order valence-corrected chi connectivity index (χ3v) is 14.0. The molecule has 56 heavy (non-hydrogen) atoms. The molecule has 11 aromatic rings. The van der Waals surface area contributed by atoms with Gasteiger partial charge >= 0.3 is 254 Å². The summed E-state index contributed by atoms with van der Waals surface area (Å²) in [6, 6.07) is 64.3. The Labute approximate surface area is 333 Å². The van der Waals surface area contributed by atoms with Crippen molar-refractivity contribution >= 4 is 66.6 Å². The number of thiophene rings is 1. The fourth-order valence-electron chi connectivity index (χ4n) is 7.57. The van der Waals surface area contributed by atoms with Crippen molar-refractivity contribution < 1.29 is 0 Å². The number of fused-ring (bicyclic) bond motifs is 6. The van der Waals surface area contributed by atoms with Gasteiger partial charge in [0.2, 0.25) is 0 Å². The summed E-state index contributed by atoms with van der Waals surface area (Å²) >= 11 is 1.85. The van der Waals surface area contributed by atoms with Gasteiger partial charge < -0.3 is 0 Å². The normalized spacial score (nSPS) is 11.6. The number of rotatable bonds is 6. The Morgan fingerprint density at radius 2 is 0.964 bits per heavy atom. The van der Waals surface area contributed by atoms with Crippen molar-refractivity contribution in [2.75, 3.05) is 0 Å². The Morgan fingerprint density at radius 3 is 1.80 bits per heavy atom. The molecule has 0 unspecified atom stereocenters. The number of hydrogen-bond acceptors (Lipinski definition) is 5. The van der Waals surface area contributed by atoms with Crippen LogP contribution in [0.1, 0.15) is 0 Å². The van der Waals surface area contributed by atoms with Crippen molar-refractivity contribution in [3.63, 3.8) is 0 Å². The molecule has 0 fully saturated rings. The molecular weight excluding hydrogens is 768 g/mol. The second kappa shape index (κ2) is 13.6. The van der Waals surface area contributed by atoms with E-state index in [4.69, 9.17) is 19.9 Å². The van der Waals surface area contributed by atoms with Gasteiger partial charge in [0, 0.05) is 15.5 Å². The van der Waals surface area contributed by atoms with E-state index in [9.17, 15) is 0 Å². The fraction of sp³-hybridized carbons (Fsp3) is 0. The van der Waals surface area contributed by atoms with Crippen LogP contribution in [0.2, 0.25) is 0 Å².